The van der Waals surface area contributed by atoms with Crippen LogP contribution in [0.1, 0.15) is 55.4 Å². The molecule has 0 radical (unpaired) electrons. The van der Waals surface area contributed by atoms with E-state index in [1.807, 2.05) is 13.8 Å². The van der Waals surface area contributed by atoms with Crippen LogP contribution in [-0.4, -0.2) is 23.5 Å². The van der Waals surface area contributed by atoms with Gasteiger partial charge in [0.25, 0.3) is 0 Å². The average molecular weight is 199 g/mol. The first kappa shape index (κ1) is 14.0. The molecule has 1 rings (SSSR count). The third-order valence-electron chi connectivity index (χ3n) is 3.05. The summed E-state index contributed by atoms with van der Waals surface area (Å²) in [6.07, 6.45) is 0. The van der Waals surface area contributed by atoms with Crippen LogP contribution in [0, 0.1) is 11.3 Å². The SMILES string of the molecule is CC.CC(C)(C)C1CN(C(C)(C)C)C1. The fourth-order valence-corrected chi connectivity index (χ4v) is 1.57. The van der Waals surface area contributed by atoms with Crippen LogP contribution in [0.3, 0.4) is 0 Å². The van der Waals surface area contributed by atoms with Gasteiger partial charge in [-0.1, -0.05) is 34.6 Å². The van der Waals surface area contributed by atoms with Gasteiger partial charge in [-0.3, -0.25) is 4.90 Å². The molecule has 0 bridgehead atoms. The van der Waals surface area contributed by atoms with E-state index in [1.165, 1.54) is 13.1 Å². The van der Waals surface area contributed by atoms with Gasteiger partial charge < -0.3 is 0 Å². The van der Waals surface area contributed by atoms with Crippen molar-refractivity contribution in [1.82, 2.24) is 4.90 Å². The number of hydrogen-bond donors (Lipinski definition) is 0. The van der Waals surface area contributed by atoms with Gasteiger partial charge in [-0.05, 0) is 32.1 Å². The summed E-state index contributed by atoms with van der Waals surface area (Å²) < 4.78 is 0. The minimum Gasteiger partial charge on any atom is -0.298 e. The Labute approximate surface area is 90.9 Å². The molecule has 0 spiro atoms. The number of rotatable bonds is 0. The molecule has 86 valence electrons. The summed E-state index contributed by atoms with van der Waals surface area (Å²) in [6.45, 7) is 20.5. The van der Waals surface area contributed by atoms with Crippen LogP contribution < -0.4 is 0 Å². The predicted octanol–water partition coefficient (Wildman–Crippen LogP) is 3.79. The Balaban J connectivity index is 0.000000791. The Morgan fingerprint density at radius 3 is 1.43 bits per heavy atom. The average Bonchev–Trinajstić information content (AvgIpc) is 1.80. The first-order chi connectivity index (χ1) is 6.21. The highest BCUT2D eigenvalue weighted by Gasteiger charge is 2.39. The van der Waals surface area contributed by atoms with Crippen LogP contribution in [-0.2, 0) is 0 Å². The van der Waals surface area contributed by atoms with Gasteiger partial charge in [-0.15, -0.1) is 0 Å². The van der Waals surface area contributed by atoms with E-state index in [2.05, 4.69) is 46.4 Å². The molecule has 0 unspecified atom stereocenters. The highest BCUT2D eigenvalue weighted by Crippen LogP contribution is 2.36. The summed E-state index contributed by atoms with van der Waals surface area (Å²) in [5.41, 5.74) is 0.878. The van der Waals surface area contributed by atoms with Crippen LogP contribution >= 0.6 is 0 Å². The Kier molecular flexibility index (Phi) is 4.64. The molecule has 0 N–H and O–H groups in total. The molecule has 1 heterocycles. The van der Waals surface area contributed by atoms with Crippen molar-refractivity contribution in [1.29, 1.82) is 0 Å². The van der Waals surface area contributed by atoms with Crippen molar-refractivity contribution in [3.63, 3.8) is 0 Å². The molecule has 0 aliphatic carbocycles. The van der Waals surface area contributed by atoms with Gasteiger partial charge in [0, 0.05) is 18.6 Å². The zero-order valence-corrected chi connectivity index (χ0v) is 11.4. The van der Waals surface area contributed by atoms with E-state index in [9.17, 15) is 0 Å². The van der Waals surface area contributed by atoms with E-state index in [1.54, 1.807) is 0 Å². The smallest absolute Gasteiger partial charge is 0.0125 e. The number of likely N-dealkylation sites (tertiary alicyclic amines) is 1. The molecule has 1 nitrogen and oxygen atoms in total. The van der Waals surface area contributed by atoms with E-state index >= 15 is 0 Å². The van der Waals surface area contributed by atoms with Crippen LogP contribution in [0.25, 0.3) is 0 Å². The topological polar surface area (TPSA) is 3.24 Å². The van der Waals surface area contributed by atoms with Crippen molar-refractivity contribution in [2.24, 2.45) is 11.3 Å². The molecule has 0 aromatic rings. The van der Waals surface area contributed by atoms with Gasteiger partial charge in [-0.25, -0.2) is 0 Å². The summed E-state index contributed by atoms with van der Waals surface area (Å²) in [4.78, 5) is 2.56. The summed E-state index contributed by atoms with van der Waals surface area (Å²) >= 11 is 0. The van der Waals surface area contributed by atoms with Crippen molar-refractivity contribution < 1.29 is 0 Å². The van der Waals surface area contributed by atoms with Crippen LogP contribution in [0.5, 0.6) is 0 Å². The lowest BCUT2D eigenvalue weighted by Crippen LogP contribution is -2.59. The fourth-order valence-electron chi connectivity index (χ4n) is 1.57. The van der Waals surface area contributed by atoms with E-state index < -0.39 is 0 Å². The molecular weight excluding hydrogens is 170 g/mol. The molecule has 14 heavy (non-hydrogen) atoms. The summed E-state index contributed by atoms with van der Waals surface area (Å²) in [5.74, 6) is 0.900. The molecule has 1 aliphatic rings. The van der Waals surface area contributed by atoms with E-state index in [4.69, 9.17) is 0 Å². The van der Waals surface area contributed by atoms with Gasteiger partial charge in [0.15, 0.2) is 0 Å². The number of hydrogen-bond acceptors (Lipinski definition) is 1. The third kappa shape index (κ3) is 3.61. The Morgan fingerprint density at radius 1 is 0.857 bits per heavy atom. The zero-order valence-electron chi connectivity index (χ0n) is 11.4. The van der Waals surface area contributed by atoms with Gasteiger partial charge in [0.1, 0.15) is 0 Å². The molecular formula is C13H29N. The zero-order chi connectivity index (χ0) is 11.6. The molecule has 1 heteroatoms. The van der Waals surface area contributed by atoms with Crippen LogP contribution in [0.2, 0.25) is 0 Å². The van der Waals surface area contributed by atoms with E-state index in [0.29, 0.717) is 11.0 Å². The van der Waals surface area contributed by atoms with Crippen molar-refractivity contribution >= 4 is 0 Å². The van der Waals surface area contributed by atoms with Crippen LogP contribution in [0.15, 0.2) is 0 Å². The Hall–Kier alpha value is -0.0400. The second-order valence-electron chi connectivity index (χ2n) is 6.14. The molecule has 0 atom stereocenters. The van der Waals surface area contributed by atoms with Crippen LogP contribution in [0.4, 0.5) is 0 Å². The van der Waals surface area contributed by atoms with Crippen molar-refractivity contribution in [3.8, 4) is 0 Å². The standard InChI is InChI=1S/C11H23N.C2H6/c1-10(2,3)9-7-12(8-9)11(4,5)6;1-2/h9H,7-8H2,1-6H3;1-2H3. The lowest BCUT2D eigenvalue weighted by molar-refractivity contribution is -0.0345. The first-order valence-corrected chi connectivity index (χ1v) is 5.96. The maximum absolute atomic E-state index is 2.56. The molecule has 0 aromatic carbocycles. The highest BCUT2D eigenvalue weighted by molar-refractivity contribution is 4.93. The van der Waals surface area contributed by atoms with E-state index in [-0.39, 0.29) is 0 Å². The third-order valence-corrected chi connectivity index (χ3v) is 3.05. The largest absolute Gasteiger partial charge is 0.298 e. The molecule has 1 saturated heterocycles. The predicted molar refractivity (Wildman–Crippen MR) is 65.6 cm³/mol. The monoisotopic (exact) mass is 199 g/mol. The quantitative estimate of drug-likeness (QED) is 0.574. The summed E-state index contributed by atoms with van der Waals surface area (Å²) in [7, 11) is 0. The molecule has 1 fully saturated rings. The van der Waals surface area contributed by atoms with Crippen molar-refractivity contribution in [3.05, 3.63) is 0 Å². The summed E-state index contributed by atoms with van der Waals surface area (Å²) in [5, 5.41) is 0. The fraction of sp³-hybridized carbons (Fsp3) is 1.00. The van der Waals surface area contributed by atoms with Gasteiger partial charge >= 0.3 is 0 Å². The Morgan fingerprint density at radius 2 is 1.21 bits per heavy atom. The van der Waals surface area contributed by atoms with Gasteiger partial charge in [-0.2, -0.15) is 0 Å². The molecule has 0 amide bonds. The first-order valence-electron chi connectivity index (χ1n) is 5.96. The lowest BCUT2D eigenvalue weighted by atomic mass is 9.74. The number of nitrogens with zero attached hydrogens (tertiary/aromatic N) is 1. The highest BCUT2D eigenvalue weighted by atomic mass is 15.2. The van der Waals surface area contributed by atoms with Gasteiger partial charge in [0.05, 0.1) is 0 Å². The molecule has 0 saturated carbocycles. The lowest BCUT2D eigenvalue weighted by Gasteiger charge is -2.52. The second kappa shape index (κ2) is 4.65. The van der Waals surface area contributed by atoms with Crippen molar-refractivity contribution in [2.75, 3.05) is 13.1 Å². The van der Waals surface area contributed by atoms with Gasteiger partial charge in [0.2, 0.25) is 0 Å². The maximum atomic E-state index is 2.56. The van der Waals surface area contributed by atoms with E-state index in [0.717, 1.165) is 5.92 Å². The molecule has 1 aliphatic heterocycles. The second-order valence-corrected chi connectivity index (χ2v) is 6.14. The molecule has 0 aromatic heterocycles. The van der Waals surface area contributed by atoms with Crippen molar-refractivity contribution in [2.45, 2.75) is 60.9 Å². The normalized spacial score (nSPS) is 19.7. The maximum Gasteiger partial charge on any atom is 0.0125 e. The minimum absolute atomic E-state index is 0.377. The summed E-state index contributed by atoms with van der Waals surface area (Å²) in [6, 6.07) is 0. The Bertz CT molecular complexity index is 135. The minimum atomic E-state index is 0.377.